The van der Waals surface area contributed by atoms with Crippen molar-refractivity contribution in [1.29, 1.82) is 0 Å². The molecule has 2 aromatic rings. The summed E-state index contributed by atoms with van der Waals surface area (Å²) in [7, 11) is 1.31. The first kappa shape index (κ1) is 29.5. The van der Waals surface area contributed by atoms with Crippen molar-refractivity contribution >= 4 is 23.9 Å². The molecule has 8 nitrogen and oxygen atoms in total. The summed E-state index contributed by atoms with van der Waals surface area (Å²) in [6.45, 7) is 13.4. The third kappa shape index (κ3) is 7.41. The van der Waals surface area contributed by atoms with E-state index in [1.54, 1.807) is 45.0 Å². The van der Waals surface area contributed by atoms with Gasteiger partial charge >= 0.3 is 12.1 Å². The number of nitrogens with zero attached hydrogens (tertiary/aromatic N) is 2. The van der Waals surface area contributed by atoms with E-state index in [0.29, 0.717) is 17.5 Å². The second kappa shape index (κ2) is 12.5. The molecule has 0 aliphatic carbocycles. The van der Waals surface area contributed by atoms with Gasteiger partial charge in [-0.3, -0.25) is 15.0 Å². The predicted molar refractivity (Wildman–Crippen MR) is 144 cm³/mol. The highest BCUT2D eigenvalue weighted by molar-refractivity contribution is 6.11. The third-order valence-corrected chi connectivity index (χ3v) is 5.41. The van der Waals surface area contributed by atoms with E-state index in [1.807, 2.05) is 58.0 Å². The van der Waals surface area contributed by atoms with Gasteiger partial charge in [0.25, 0.3) is 5.91 Å². The average molecular weight is 510 g/mol. The number of methoxy groups -OCH3 is 1. The molecule has 0 saturated heterocycles. The SMILES string of the molecule is CC.COC(=O)c1cccc(CN2C(=O)C(CC(C)C)(c3ccccc3)N=C2NC(=O)OC(C)(C)C)c1. The summed E-state index contributed by atoms with van der Waals surface area (Å²) in [4.78, 5) is 45.0. The van der Waals surface area contributed by atoms with E-state index >= 15 is 0 Å². The highest BCUT2D eigenvalue weighted by Crippen LogP contribution is 2.39. The number of hydrogen-bond donors (Lipinski definition) is 1. The summed E-state index contributed by atoms with van der Waals surface area (Å²) in [6.07, 6.45) is -0.251. The maximum atomic E-state index is 14.0. The van der Waals surface area contributed by atoms with Crippen LogP contribution in [0.15, 0.2) is 59.6 Å². The summed E-state index contributed by atoms with van der Waals surface area (Å²) >= 11 is 0. The van der Waals surface area contributed by atoms with Crippen molar-refractivity contribution in [2.45, 2.75) is 72.6 Å². The predicted octanol–water partition coefficient (Wildman–Crippen LogP) is 5.66. The van der Waals surface area contributed by atoms with Crippen LogP contribution in [0.25, 0.3) is 0 Å². The molecule has 2 aromatic carbocycles. The second-order valence-electron chi connectivity index (χ2n) is 9.97. The molecule has 1 unspecified atom stereocenters. The molecule has 1 aliphatic rings. The van der Waals surface area contributed by atoms with Gasteiger partial charge in [0.2, 0.25) is 5.96 Å². The van der Waals surface area contributed by atoms with E-state index in [0.717, 1.165) is 5.56 Å². The van der Waals surface area contributed by atoms with Crippen molar-refractivity contribution in [1.82, 2.24) is 10.2 Å². The zero-order valence-corrected chi connectivity index (χ0v) is 23.1. The molecule has 200 valence electrons. The van der Waals surface area contributed by atoms with E-state index in [-0.39, 0.29) is 24.3 Å². The molecule has 1 N–H and O–H groups in total. The molecule has 0 radical (unpaired) electrons. The van der Waals surface area contributed by atoms with Gasteiger partial charge in [-0.2, -0.15) is 0 Å². The molecule has 3 rings (SSSR count). The first-order valence-electron chi connectivity index (χ1n) is 12.6. The molecule has 0 spiro atoms. The zero-order valence-electron chi connectivity index (χ0n) is 23.1. The van der Waals surface area contributed by atoms with E-state index in [9.17, 15) is 14.4 Å². The fraction of sp³-hybridized carbons (Fsp3) is 0.448. The minimum absolute atomic E-state index is 0.102. The largest absolute Gasteiger partial charge is 0.465 e. The molecule has 0 fully saturated rings. The molecule has 2 amide bonds. The van der Waals surface area contributed by atoms with Crippen LogP contribution >= 0.6 is 0 Å². The fourth-order valence-corrected chi connectivity index (χ4v) is 4.09. The van der Waals surface area contributed by atoms with Crippen LogP contribution in [0.2, 0.25) is 0 Å². The monoisotopic (exact) mass is 509 g/mol. The Balaban J connectivity index is 0.00000235. The maximum absolute atomic E-state index is 14.0. The summed E-state index contributed by atoms with van der Waals surface area (Å²) in [6, 6.07) is 16.2. The Kier molecular flexibility index (Phi) is 10.00. The van der Waals surface area contributed by atoms with Crippen LogP contribution in [0, 0.1) is 5.92 Å². The van der Waals surface area contributed by atoms with Gasteiger partial charge in [0.05, 0.1) is 19.2 Å². The van der Waals surface area contributed by atoms with Gasteiger partial charge in [-0.25, -0.2) is 14.6 Å². The molecular weight excluding hydrogens is 470 g/mol. The molecule has 1 heterocycles. The van der Waals surface area contributed by atoms with Crippen LogP contribution < -0.4 is 5.32 Å². The minimum Gasteiger partial charge on any atom is -0.465 e. The topological polar surface area (TPSA) is 97.3 Å². The van der Waals surface area contributed by atoms with Crippen LogP contribution in [0.4, 0.5) is 4.79 Å². The normalized spacial score (nSPS) is 17.1. The van der Waals surface area contributed by atoms with Gasteiger partial charge in [-0.05, 0) is 56.4 Å². The van der Waals surface area contributed by atoms with Crippen molar-refractivity contribution in [2.75, 3.05) is 7.11 Å². The number of guanidine groups is 1. The van der Waals surface area contributed by atoms with E-state index in [2.05, 4.69) is 5.32 Å². The van der Waals surface area contributed by atoms with Gasteiger partial charge < -0.3 is 9.47 Å². The van der Waals surface area contributed by atoms with Gasteiger partial charge in [-0.15, -0.1) is 0 Å². The number of alkyl carbamates (subject to hydrolysis) is 1. The summed E-state index contributed by atoms with van der Waals surface area (Å²) in [5.74, 6) is -0.476. The Bertz CT molecular complexity index is 1120. The minimum atomic E-state index is -1.19. The number of amides is 2. The number of carbonyl (C=O) groups is 3. The van der Waals surface area contributed by atoms with Gasteiger partial charge in [-0.1, -0.05) is 70.2 Å². The lowest BCUT2D eigenvalue weighted by atomic mass is 9.82. The molecule has 8 heteroatoms. The number of carbonyl (C=O) groups excluding carboxylic acids is 3. The number of rotatable bonds is 6. The van der Waals surface area contributed by atoms with E-state index in [1.165, 1.54) is 12.0 Å². The lowest BCUT2D eigenvalue weighted by molar-refractivity contribution is -0.132. The van der Waals surface area contributed by atoms with Crippen molar-refractivity contribution < 1.29 is 23.9 Å². The molecule has 0 aromatic heterocycles. The number of esters is 1. The first-order valence-corrected chi connectivity index (χ1v) is 12.6. The highest BCUT2D eigenvalue weighted by atomic mass is 16.6. The second-order valence-corrected chi connectivity index (χ2v) is 9.97. The number of aliphatic imine (C=N–C) groups is 1. The summed E-state index contributed by atoms with van der Waals surface area (Å²) in [5.41, 5.74) is -0.116. The lowest BCUT2D eigenvalue weighted by Gasteiger charge is -2.28. The third-order valence-electron chi connectivity index (χ3n) is 5.41. The van der Waals surface area contributed by atoms with Crippen LogP contribution in [-0.2, 0) is 26.4 Å². The van der Waals surface area contributed by atoms with Gasteiger partial charge in [0, 0.05) is 0 Å². The Hall–Kier alpha value is -3.68. The van der Waals surface area contributed by atoms with Crippen LogP contribution in [0.1, 0.15) is 76.4 Å². The number of benzene rings is 2. The number of ether oxygens (including phenoxy) is 2. The molecule has 0 saturated carbocycles. The van der Waals surface area contributed by atoms with Crippen molar-refractivity contribution in [2.24, 2.45) is 10.9 Å². The quantitative estimate of drug-likeness (QED) is 0.507. The number of nitrogens with one attached hydrogen (secondary N) is 1. The summed E-state index contributed by atoms with van der Waals surface area (Å²) in [5, 5.41) is 2.68. The smallest absolute Gasteiger partial charge is 0.414 e. The molecule has 1 aliphatic heterocycles. The van der Waals surface area contributed by atoms with Gasteiger partial charge in [0.15, 0.2) is 5.54 Å². The standard InChI is InChI=1S/C27H33N3O5.C2H6/c1-18(2)16-27(21-13-8-7-9-14-21)23(32)30(24(29-27)28-25(33)35-26(3,4)5)17-19-11-10-12-20(15-19)22(31)34-6;1-2/h7-15,18H,16-17H2,1-6H3,(H,28,29,33);1-2H3. The fourth-order valence-electron chi connectivity index (χ4n) is 4.09. The first-order chi connectivity index (χ1) is 17.4. The van der Waals surface area contributed by atoms with E-state index < -0.39 is 23.2 Å². The highest BCUT2D eigenvalue weighted by Gasteiger charge is 2.50. The zero-order chi connectivity index (χ0) is 27.8. The van der Waals surface area contributed by atoms with Crippen LogP contribution in [-0.4, -0.2) is 41.5 Å². The maximum Gasteiger partial charge on any atom is 0.414 e. The molecule has 37 heavy (non-hydrogen) atoms. The molecular formula is C29H39N3O5. The molecule has 1 atom stereocenters. The Labute approximate surface area is 220 Å². The van der Waals surface area contributed by atoms with E-state index in [4.69, 9.17) is 14.5 Å². The number of hydrogen-bond acceptors (Lipinski definition) is 6. The average Bonchev–Trinajstić information content (AvgIpc) is 3.10. The van der Waals surface area contributed by atoms with Crippen LogP contribution in [0.5, 0.6) is 0 Å². The Morgan fingerprint density at radius 1 is 1.05 bits per heavy atom. The Morgan fingerprint density at radius 2 is 1.70 bits per heavy atom. The summed E-state index contributed by atoms with van der Waals surface area (Å²) < 4.78 is 10.2. The molecule has 0 bridgehead atoms. The lowest BCUT2D eigenvalue weighted by Crippen LogP contribution is -2.47. The van der Waals surface area contributed by atoms with Crippen LogP contribution in [0.3, 0.4) is 0 Å². The van der Waals surface area contributed by atoms with Crippen molar-refractivity contribution in [3.05, 3.63) is 71.3 Å². The van der Waals surface area contributed by atoms with Crippen molar-refractivity contribution in [3.63, 3.8) is 0 Å². The van der Waals surface area contributed by atoms with Crippen molar-refractivity contribution in [3.8, 4) is 0 Å². The Morgan fingerprint density at radius 3 is 2.27 bits per heavy atom. The van der Waals surface area contributed by atoms with Gasteiger partial charge in [0.1, 0.15) is 5.60 Å².